The molecule has 0 bridgehead atoms. The van der Waals surface area contributed by atoms with Gasteiger partial charge in [0.2, 0.25) is 0 Å². The van der Waals surface area contributed by atoms with Gasteiger partial charge in [0.15, 0.2) is 18.2 Å². The molecule has 0 aromatic heterocycles. The zero-order chi connectivity index (χ0) is 39.9. The molecule has 52 heavy (non-hydrogen) atoms. The first-order valence-electron chi connectivity index (χ1n) is 18.6. The molecule has 3 rings (SSSR count). The lowest BCUT2D eigenvalue weighted by atomic mass is 9.73. The van der Waals surface area contributed by atoms with E-state index in [0.29, 0.717) is 6.42 Å². The van der Waals surface area contributed by atoms with Crippen LogP contribution in [0.1, 0.15) is 94.9 Å². The van der Waals surface area contributed by atoms with Crippen LogP contribution in [0.15, 0.2) is 0 Å². The summed E-state index contributed by atoms with van der Waals surface area (Å²) < 4.78 is 36.6. The van der Waals surface area contributed by atoms with E-state index in [1.165, 1.54) is 34.8 Å². The molecule has 0 aliphatic carbocycles. The fourth-order valence-corrected chi connectivity index (χ4v) is 8.44. The number of carbonyl (C=O) groups excluding carboxylic acids is 2. The lowest BCUT2D eigenvalue weighted by molar-refractivity contribution is -0.326. The van der Waals surface area contributed by atoms with Crippen LogP contribution in [-0.2, 0) is 38.0 Å². The number of ketones is 1. The van der Waals surface area contributed by atoms with Crippen molar-refractivity contribution in [2.45, 2.75) is 185 Å². The number of hydrogen-bond donors (Lipinski definition) is 6. The first-order valence-corrected chi connectivity index (χ1v) is 18.6. The smallest absolute Gasteiger partial charge is 0.340 e. The molecular formula is C37H67NO14. The maximum Gasteiger partial charge on any atom is 0.340 e. The number of ether oxygens (including phenoxy) is 6. The van der Waals surface area contributed by atoms with Crippen LogP contribution in [0.4, 0.5) is 0 Å². The molecule has 6 N–H and O–H groups in total. The Hall–Kier alpha value is -1.34. The highest BCUT2D eigenvalue weighted by molar-refractivity contribution is 5.83. The second kappa shape index (κ2) is 16.8. The van der Waals surface area contributed by atoms with Gasteiger partial charge in [-0.3, -0.25) is 4.79 Å². The Morgan fingerprint density at radius 1 is 0.865 bits per heavy atom. The summed E-state index contributed by atoms with van der Waals surface area (Å²) in [5, 5.41) is 69.9. The van der Waals surface area contributed by atoms with E-state index in [2.05, 4.69) is 0 Å². The second-order valence-corrected chi connectivity index (χ2v) is 16.8. The van der Waals surface area contributed by atoms with Crippen LogP contribution in [-0.4, -0.2) is 158 Å². The molecule has 18 atom stereocenters. The zero-order valence-electron chi connectivity index (χ0n) is 33.3. The molecule has 3 heterocycles. The van der Waals surface area contributed by atoms with Gasteiger partial charge in [0.1, 0.15) is 35.8 Å². The second-order valence-electron chi connectivity index (χ2n) is 16.8. The fourth-order valence-electron chi connectivity index (χ4n) is 8.44. The molecule has 0 amide bonds. The van der Waals surface area contributed by atoms with E-state index < -0.39 is 107 Å². The highest BCUT2D eigenvalue weighted by Gasteiger charge is 2.57. The molecule has 0 aromatic carbocycles. The van der Waals surface area contributed by atoms with E-state index in [9.17, 15) is 40.2 Å². The van der Waals surface area contributed by atoms with E-state index in [0.717, 1.165) is 0 Å². The number of cyclic esters (lactones) is 1. The van der Waals surface area contributed by atoms with Crippen molar-refractivity contribution >= 4 is 11.8 Å². The van der Waals surface area contributed by atoms with Crippen LogP contribution in [0.5, 0.6) is 0 Å². The maximum absolute atomic E-state index is 14.1. The molecule has 15 heteroatoms. The van der Waals surface area contributed by atoms with Crippen molar-refractivity contribution in [1.82, 2.24) is 4.90 Å². The molecule has 1 unspecified atom stereocenters. The normalized spacial score (nSPS) is 50.5. The summed E-state index contributed by atoms with van der Waals surface area (Å²) in [7, 11) is 5.06. The van der Waals surface area contributed by atoms with Gasteiger partial charge in [-0.15, -0.1) is 0 Å². The number of aliphatic hydroxyl groups excluding tert-OH is 3. The lowest BCUT2D eigenvalue weighted by Gasteiger charge is -2.50. The number of nitrogens with zero attached hydrogens (tertiary/aromatic N) is 1. The van der Waals surface area contributed by atoms with E-state index in [1.54, 1.807) is 34.6 Å². The minimum atomic E-state index is -2.53. The summed E-state index contributed by atoms with van der Waals surface area (Å²) in [5.41, 5.74) is -7.72. The monoisotopic (exact) mass is 749 g/mol. The Bertz CT molecular complexity index is 1210. The largest absolute Gasteiger partial charge is 0.457 e. The van der Waals surface area contributed by atoms with Crippen molar-refractivity contribution in [3.8, 4) is 0 Å². The van der Waals surface area contributed by atoms with E-state index in [4.69, 9.17) is 28.4 Å². The Morgan fingerprint density at radius 3 is 2.00 bits per heavy atom. The Labute approximate surface area is 308 Å². The first kappa shape index (κ1) is 45.1. The number of esters is 1. The highest BCUT2D eigenvalue weighted by Crippen LogP contribution is 2.41. The van der Waals surface area contributed by atoms with Crippen LogP contribution in [0, 0.1) is 17.8 Å². The molecule has 0 spiro atoms. The third-order valence-electron chi connectivity index (χ3n) is 11.9. The number of rotatable bonds is 7. The molecule has 3 aliphatic heterocycles. The molecule has 304 valence electrons. The van der Waals surface area contributed by atoms with Gasteiger partial charge in [-0.25, -0.2) is 4.79 Å². The standard InChI is InChI=1S/C37H67NO14/c1-14-24-36(9,45)28(41)20(4)26(39)18(2)16-34(7,44)30(52-32-27(40)23(38(11)12)15-19(3)48-32)21(5)31(37(10,46)33(43)50-24)51-25-17-35(8,47-13)29(42)22(6)49-25/h18-25,27-32,40-42,44-46H,14-17H2,1-13H3/t18-,19-,20+,21-,22+,23+,24-,25+,27-,28-,29+,30-,31+,32+,34-,35-,36-,37?/m1/s1. The lowest BCUT2D eigenvalue weighted by Crippen LogP contribution is -2.64. The van der Waals surface area contributed by atoms with Crippen LogP contribution in [0.3, 0.4) is 0 Å². The zero-order valence-corrected chi connectivity index (χ0v) is 33.3. The summed E-state index contributed by atoms with van der Waals surface area (Å²) in [4.78, 5) is 29.8. The van der Waals surface area contributed by atoms with Crippen molar-refractivity contribution in [1.29, 1.82) is 0 Å². The molecular weight excluding hydrogens is 682 g/mol. The summed E-state index contributed by atoms with van der Waals surface area (Å²) in [5.74, 6) is -4.85. The fraction of sp³-hybridized carbons (Fsp3) is 0.946. The predicted octanol–water partition coefficient (Wildman–Crippen LogP) is 0.901. The van der Waals surface area contributed by atoms with Crippen LogP contribution in [0.2, 0.25) is 0 Å². The van der Waals surface area contributed by atoms with E-state index >= 15 is 0 Å². The SMILES string of the molecule is CC[C@H]1OC(=O)C(C)(O)[C@@H](O[C@H]2C[C@@](C)(OC)[C@@H](O)[C@H](C)O2)[C@H](C)[C@@H](O[C@@H]2O[C@H](C)C[C@H](N(C)C)[C@H]2O)[C@](C)(O)C[C@@H](C)C(=O)[C@H](C)[C@@H](O)[C@]1(C)O. The summed E-state index contributed by atoms with van der Waals surface area (Å²) in [6.45, 7) is 15.3. The van der Waals surface area contributed by atoms with E-state index in [1.807, 2.05) is 25.9 Å². The van der Waals surface area contributed by atoms with Crippen LogP contribution >= 0.6 is 0 Å². The number of hydrogen-bond acceptors (Lipinski definition) is 15. The van der Waals surface area contributed by atoms with Gasteiger partial charge in [0, 0.05) is 37.3 Å². The molecule has 15 nitrogen and oxygen atoms in total. The number of methoxy groups -OCH3 is 1. The van der Waals surface area contributed by atoms with Crippen molar-refractivity contribution in [3.05, 3.63) is 0 Å². The average Bonchev–Trinajstić information content (AvgIpc) is 3.05. The van der Waals surface area contributed by atoms with Gasteiger partial charge >= 0.3 is 5.97 Å². The van der Waals surface area contributed by atoms with Gasteiger partial charge in [0.25, 0.3) is 0 Å². The van der Waals surface area contributed by atoms with Crippen molar-refractivity contribution in [2.75, 3.05) is 21.2 Å². The van der Waals surface area contributed by atoms with Crippen LogP contribution < -0.4 is 0 Å². The molecule has 3 saturated heterocycles. The maximum atomic E-state index is 14.1. The van der Waals surface area contributed by atoms with Crippen molar-refractivity contribution < 1.29 is 68.6 Å². The molecule has 0 radical (unpaired) electrons. The van der Waals surface area contributed by atoms with Crippen LogP contribution in [0.25, 0.3) is 0 Å². The van der Waals surface area contributed by atoms with Gasteiger partial charge in [-0.05, 0) is 74.9 Å². The van der Waals surface area contributed by atoms with E-state index in [-0.39, 0.29) is 31.4 Å². The molecule has 0 saturated carbocycles. The Morgan fingerprint density at radius 2 is 1.46 bits per heavy atom. The minimum Gasteiger partial charge on any atom is -0.457 e. The quantitative estimate of drug-likeness (QED) is 0.200. The van der Waals surface area contributed by atoms with Gasteiger partial charge < -0.3 is 64.0 Å². The summed E-state index contributed by atoms with van der Waals surface area (Å²) in [6.07, 6.45) is -11.6. The number of Topliss-reactive ketones (excluding diaryl/α,β-unsaturated/α-hetero) is 1. The minimum absolute atomic E-state index is 0.0132. The molecule has 3 aliphatic rings. The third-order valence-corrected chi connectivity index (χ3v) is 11.9. The van der Waals surface area contributed by atoms with Gasteiger partial charge in [-0.1, -0.05) is 27.7 Å². The third kappa shape index (κ3) is 9.19. The topological polar surface area (TPSA) is 214 Å². The Balaban J connectivity index is 2.24. The molecule has 0 aromatic rings. The first-order chi connectivity index (χ1) is 23.8. The van der Waals surface area contributed by atoms with Crippen molar-refractivity contribution in [3.63, 3.8) is 0 Å². The average molecular weight is 750 g/mol. The number of aliphatic hydroxyl groups is 6. The Kier molecular flexibility index (Phi) is 14.6. The summed E-state index contributed by atoms with van der Waals surface area (Å²) in [6, 6.07) is -0.380. The highest BCUT2D eigenvalue weighted by atomic mass is 16.7. The van der Waals surface area contributed by atoms with Gasteiger partial charge in [-0.2, -0.15) is 0 Å². The van der Waals surface area contributed by atoms with Gasteiger partial charge in [0.05, 0.1) is 35.6 Å². The molecule has 3 fully saturated rings. The summed E-state index contributed by atoms with van der Waals surface area (Å²) >= 11 is 0. The number of carbonyl (C=O) groups is 2. The van der Waals surface area contributed by atoms with Crippen molar-refractivity contribution in [2.24, 2.45) is 17.8 Å². The predicted molar refractivity (Wildman–Crippen MR) is 188 cm³/mol. The number of likely N-dealkylation sites (N-methyl/N-ethyl adjacent to an activating group) is 1.